The smallest absolute Gasteiger partial charge is 0.307 e. The van der Waals surface area contributed by atoms with Gasteiger partial charge >= 0.3 is 5.97 Å². The van der Waals surface area contributed by atoms with Gasteiger partial charge in [0.15, 0.2) is 0 Å². The Labute approximate surface area is 134 Å². The van der Waals surface area contributed by atoms with Gasteiger partial charge in [0.25, 0.3) is 0 Å². The summed E-state index contributed by atoms with van der Waals surface area (Å²) in [4.78, 5) is 13.9. The maximum Gasteiger partial charge on any atom is 0.307 e. The topological polar surface area (TPSA) is 52.6 Å². The highest BCUT2D eigenvalue weighted by atomic mass is 16.4. The molecule has 0 amide bonds. The van der Waals surface area contributed by atoms with Crippen molar-refractivity contribution >= 4 is 5.97 Å². The average Bonchev–Trinajstić information content (AvgIpc) is 3.38. The van der Waals surface area contributed by atoms with Crippen LogP contribution in [0.5, 0.6) is 0 Å². The van der Waals surface area contributed by atoms with Gasteiger partial charge in [0.1, 0.15) is 0 Å². The van der Waals surface area contributed by atoms with Gasteiger partial charge in [0, 0.05) is 25.2 Å². The van der Waals surface area contributed by atoms with E-state index in [1.165, 1.54) is 44.9 Å². The SMILES string of the molecule is CC(C1CC1)N1CC(NCC2CCCCC2)CC(C(=O)O)C1. The number of likely N-dealkylation sites (tertiary alicyclic amines) is 1. The highest BCUT2D eigenvalue weighted by Gasteiger charge is 2.38. The van der Waals surface area contributed by atoms with Crippen LogP contribution < -0.4 is 5.32 Å². The minimum atomic E-state index is -0.614. The number of nitrogens with one attached hydrogen (secondary N) is 1. The van der Waals surface area contributed by atoms with E-state index in [4.69, 9.17) is 0 Å². The second-order valence-corrected chi connectivity index (χ2v) is 7.91. The molecule has 2 N–H and O–H groups in total. The normalized spacial score (nSPS) is 32.8. The van der Waals surface area contributed by atoms with E-state index in [0.29, 0.717) is 12.1 Å². The monoisotopic (exact) mass is 308 g/mol. The van der Waals surface area contributed by atoms with E-state index in [9.17, 15) is 9.90 Å². The van der Waals surface area contributed by atoms with Crippen LogP contribution in [0.3, 0.4) is 0 Å². The zero-order chi connectivity index (χ0) is 15.5. The summed E-state index contributed by atoms with van der Waals surface area (Å²) in [5, 5.41) is 13.2. The molecule has 4 heteroatoms. The Balaban J connectivity index is 1.53. The molecule has 1 heterocycles. The predicted octanol–water partition coefficient (Wildman–Crippen LogP) is 2.73. The summed E-state index contributed by atoms with van der Waals surface area (Å²) in [6.07, 6.45) is 10.3. The molecule has 4 nitrogen and oxygen atoms in total. The Morgan fingerprint density at radius 2 is 1.91 bits per heavy atom. The number of aliphatic carboxylic acids is 1. The van der Waals surface area contributed by atoms with Crippen molar-refractivity contribution in [3.05, 3.63) is 0 Å². The molecule has 0 aromatic carbocycles. The Hall–Kier alpha value is -0.610. The van der Waals surface area contributed by atoms with Gasteiger partial charge in [-0.15, -0.1) is 0 Å². The Bertz CT molecular complexity index is 377. The number of carboxylic acid groups (broad SMARTS) is 1. The van der Waals surface area contributed by atoms with Crippen molar-refractivity contribution in [3.8, 4) is 0 Å². The second kappa shape index (κ2) is 7.31. The first-order valence-electron chi connectivity index (χ1n) is 9.33. The molecular weight excluding hydrogens is 276 g/mol. The first kappa shape index (κ1) is 16.3. The lowest BCUT2D eigenvalue weighted by molar-refractivity contribution is -0.144. The van der Waals surface area contributed by atoms with E-state index >= 15 is 0 Å². The molecule has 0 radical (unpaired) electrons. The van der Waals surface area contributed by atoms with Crippen molar-refractivity contribution in [1.29, 1.82) is 0 Å². The highest BCUT2D eigenvalue weighted by molar-refractivity contribution is 5.70. The third-order valence-electron chi connectivity index (χ3n) is 6.13. The van der Waals surface area contributed by atoms with Gasteiger partial charge in [0.2, 0.25) is 0 Å². The van der Waals surface area contributed by atoms with Crippen molar-refractivity contribution < 1.29 is 9.90 Å². The number of rotatable bonds is 6. The average molecular weight is 308 g/mol. The summed E-state index contributed by atoms with van der Waals surface area (Å²) in [6.45, 7) is 5.16. The lowest BCUT2D eigenvalue weighted by Crippen LogP contribution is -2.54. The molecule has 1 saturated heterocycles. The molecule has 3 unspecified atom stereocenters. The summed E-state index contributed by atoms with van der Waals surface area (Å²) in [5.74, 6) is 0.816. The van der Waals surface area contributed by atoms with Crippen LogP contribution >= 0.6 is 0 Å². The highest BCUT2D eigenvalue weighted by Crippen LogP contribution is 2.36. The van der Waals surface area contributed by atoms with Crippen molar-refractivity contribution in [1.82, 2.24) is 10.2 Å². The zero-order valence-electron chi connectivity index (χ0n) is 14.0. The van der Waals surface area contributed by atoms with Gasteiger partial charge in [-0.25, -0.2) is 0 Å². The number of hydrogen-bond acceptors (Lipinski definition) is 3. The van der Waals surface area contributed by atoms with Crippen molar-refractivity contribution in [3.63, 3.8) is 0 Å². The van der Waals surface area contributed by atoms with E-state index in [0.717, 1.165) is 37.9 Å². The van der Waals surface area contributed by atoms with Crippen LogP contribution in [0.25, 0.3) is 0 Å². The molecule has 2 aliphatic carbocycles. The van der Waals surface area contributed by atoms with Crippen LogP contribution in [0.4, 0.5) is 0 Å². The van der Waals surface area contributed by atoms with Crippen molar-refractivity contribution in [2.24, 2.45) is 17.8 Å². The first-order valence-corrected chi connectivity index (χ1v) is 9.33. The van der Waals surface area contributed by atoms with Gasteiger partial charge in [-0.2, -0.15) is 0 Å². The van der Waals surface area contributed by atoms with Gasteiger partial charge in [-0.1, -0.05) is 19.3 Å². The molecule has 3 atom stereocenters. The fourth-order valence-electron chi connectivity index (χ4n) is 4.39. The zero-order valence-corrected chi connectivity index (χ0v) is 14.0. The number of nitrogens with zero attached hydrogens (tertiary/aromatic N) is 1. The lowest BCUT2D eigenvalue weighted by atomic mass is 9.88. The number of carbonyl (C=O) groups is 1. The fourth-order valence-corrected chi connectivity index (χ4v) is 4.39. The number of piperidine rings is 1. The maximum atomic E-state index is 11.5. The fraction of sp³-hybridized carbons (Fsp3) is 0.944. The summed E-state index contributed by atoms with van der Waals surface area (Å²) in [5.41, 5.74) is 0. The van der Waals surface area contributed by atoms with Crippen LogP contribution in [0.1, 0.15) is 58.3 Å². The van der Waals surface area contributed by atoms with Gasteiger partial charge in [-0.05, 0) is 57.4 Å². The molecule has 2 saturated carbocycles. The Morgan fingerprint density at radius 3 is 2.55 bits per heavy atom. The molecule has 3 rings (SSSR count). The second-order valence-electron chi connectivity index (χ2n) is 7.91. The number of carboxylic acids is 1. The predicted molar refractivity (Wildman–Crippen MR) is 87.9 cm³/mol. The lowest BCUT2D eigenvalue weighted by Gasteiger charge is -2.40. The molecular formula is C18H32N2O2. The van der Waals surface area contributed by atoms with Crippen LogP contribution in [0.15, 0.2) is 0 Å². The molecule has 22 heavy (non-hydrogen) atoms. The van der Waals surface area contributed by atoms with E-state index < -0.39 is 5.97 Å². The quantitative estimate of drug-likeness (QED) is 0.792. The molecule has 0 aromatic rings. The number of hydrogen-bond donors (Lipinski definition) is 2. The summed E-state index contributed by atoms with van der Waals surface area (Å²) in [7, 11) is 0. The Morgan fingerprint density at radius 1 is 1.18 bits per heavy atom. The van der Waals surface area contributed by atoms with E-state index in [2.05, 4.69) is 17.1 Å². The third-order valence-corrected chi connectivity index (χ3v) is 6.13. The molecule has 126 valence electrons. The van der Waals surface area contributed by atoms with Crippen LogP contribution in [-0.2, 0) is 4.79 Å². The van der Waals surface area contributed by atoms with Gasteiger partial charge in [0.05, 0.1) is 5.92 Å². The minimum Gasteiger partial charge on any atom is -0.481 e. The molecule has 3 fully saturated rings. The van der Waals surface area contributed by atoms with Crippen LogP contribution in [-0.4, -0.2) is 47.7 Å². The molecule has 0 bridgehead atoms. The molecule has 0 aromatic heterocycles. The minimum absolute atomic E-state index is 0.196. The van der Waals surface area contributed by atoms with Crippen LogP contribution in [0, 0.1) is 17.8 Å². The van der Waals surface area contributed by atoms with Crippen molar-refractivity contribution in [2.75, 3.05) is 19.6 Å². The van der Waals surface area contributed by atoms with Crippen molar-refractivity contribution in [2.45, 2.75) is 70.4 Å². The van der Waals surface area contributed by atoms with Crippen LogP contribution in [0.2, 0.25) is 0 Å². The third kappa shape index (κ3) is 4.23. The Kier molecular flexibility index (Phi) is 5.40. The van der Waals surface area contributed by atoms with Gasteiger partial charge < -0.3 is 10.4 Å². The summed E-state index contributed by atoms with van der Waals surface area (Å²) >= 11 is 0. The summed E-state index contributed by atoms with van der Waals surface area (Å²) < 4.78 is 0. The summed E-state index contributed by atoms with van der Waals surface area (Å²) in [6, 6.07) is 0.916. The standard InChI is InChI=1S/C18H32N2O2/c1-13(15-7-8-15)20-11-16(18(21)22)9-17(12-20)19-10-14-5-3-2-4-6-14/h13-17,19H,2-12H2,1H3,(H,21,22). The maximum absolute atomic E-state index is 11.5. The van der Waals surface area contributed by atoms with E-state index in [-0.39, 0.29) is 5.92 Å². The van der Waals surface area contributed by atoms with E-state index in [1.807, 2.05) is 0 Å². The molecule has 1 aliphatic heterocycles. The van der Waals surface area contributed by atoms with Gasteiger partial charge in [-0.3, -0.25) is 9.69 Å². The van der Waals surface area contributed by atoms with E-state index in [1.54, 1.807) is 0 Å². The molecule has 0 spiro atoms. The first-order chi connectivity index (χ1) is 10.6. The largest absolute Gasteiger partial charge is 0.481 e. The molecule has 3 aliphatic rings.